The highest BCUT2D eigenvalue weighted by Gasteiger charge is 2.32. The van der Waals surface area contributed by atoms with Crippen molar-refractivity contribution in [3.8, 4) is 5.75 Å². The molecule has 2 rings (SSSR count). The number of imide groups is 1. The van der Waals surface area contributed by atoms with Crippen molar-refractivity contribution < 1.29 is 18.7 Å². The van der Waals surface area contributed by atoms with Crippen LogP contribution in [0, 0.1) is 5.82 Å². The molecule has 16 heavy (non-hydrogen) atoms. The fourth-order valence-corrected chi connectivity index (χ4v) is 1.50. The maximum Gasteiger partial charge on any atom is 0.329 e. The first kappa shape index (κ1) is 10.4. The van der Waals surface area contributed by atoms with Gasteiger partial charge in [0.15, 0.2) is 0 Å². The van der Waals surface area contributed by atoms with Gasteiger partial charge in [0, 0.05) is 6.07 Å². The lowest BCUT2D eigenvalue weighted by atomic mass is 10.2. The zero-order chi connectivity index (χ0) is 11.7. The molecular formula is C10H9FN2O3. The molecule has 0 saturated carbocycles. The highest BCUT2D eigenvalue weighted by atomic mass is 19.1. The molecule has 6 heteroatoms. The molecule has 1 fully saturated rings. The van der Waals surface area contributed by atoms with Gasteiger partial charge >= 0.3 is 6.03 Å². The van der Waals surface area contributed by atoms with E-state index in [0.29, 0.717) is 0 Å². The summed E-state index contributed by atoms with van der Waals surface area (Å²) in [4.78, 5) is 23.7. The molecule has 1 aliphatic heterocycles. The second-order valence-electron chi connectivity index (χ2n) is 3.20. The van der Waals surface area contributed by atoms with E-state index in [9.17, 15) is 14.0 Å². The van der Waals surface area contributed by atoms with Gasteiger partial charge in [-0.1, -0.05) is 0 Å². The molecule has 84 valence electrons. The van der Waals surface area contributed by atoms with E-state index in [2.05, 4.69) is 5.32 Å². The van der Waals surface area contributed by atoms with Crippen LogP contribution in [0.1, 0.15) is 0 Å². The Labute approximate surface area is 90.8 Å². The van der Waals surface area contributed by atoms with Crippen LogP contribution < -0.4 is 15.0 Å². The fraction of sp³-hybridized carbons (Fsp3) is 0.200. The zero-order valence-corrected chi connectivity index (χ0v) is 8.49. The van der Waals surface area contributed by atoms with E-state index >= 15 is 0 Å². The number of hydrogen-bond acceptors (Lipinski definition) is 3. The Kier molecular flexibility index (Phi) is 2.47. The number of nitrogens with zero attached hydrogens (tertiary/aromatic N) is 1. The molecule has 0 radical (unpaired) electrons. The molecule has 1 aromatic rings. The van der Waals surface area contributed by atoms with Crippen LogP contribution >= 0.6 is 0 Å². The van der Waals surface area contributed by atoms with E-state index in [0.717, 1.165) is 17.0 Å². The highest BCUT2D eigenvalue weighted by Crippen LogP contribution is 2.30. The molecule has 0 bridgehead atoms. The second kappa shape index (κ2) is 3.80. The first-order chi connectivity index (χ1) is 7.63. The van der Waals surface area contributed by atoms with Gasteiger partial charge < -0.3 is 10.1 Å². The lowest BCUT2D eigenvalue weighted by Crippen LogP contribution is -2.31. The number of nitrogens with one attached hydrogen (secondary N) is 1. The molecular weight excluding hydrogens is 215 g/mol. The maximum atomic E-state index is 12.9. The minimum absolute atomic E-state index is 0.0562. The Hall–Kier alpha value is -2.11. The van der Waals surface area contributed by atoms with Crippen LogP contribution in [-0.4, -0.2) is 25.6 Å². The smallest absolute Gasteiger partial charge is 0.329 e. The van der Waals surface area contributed by atoms with Gasteiger partial charge in [-0.25, -0.2) is 14.1 Å². The molecule has 1 aromatic carbocycles. The Morgan fingerprint density at radius 2 is 2.19 bits per heavy atom. The van der Waals surface area contributed by atoms with Gasteiger partial charge in [-0.3, -0.25) is 4.79 Å². The summed E-state index contributed by atoms with van der Waals surface area (Å²) in [6.07, 6.45) is 0. The summed E-state index contributed by atoms with van der Waals surface area (Å²) in [5.74, 6) is -0.743. The van der Waals surface area contributed by atoms with Gasteiger partial charge in [-0.15, -0.1) is 0 Å². The Balaban J connectivity index is 2.47. The SMILES string of the molecule is COc1cc(F)ccc1N1C(=O)CNC1=O. The van der Waals surface area contributed by atoms with Crippen molar-refractivity contribution in [2.75, 3.05) is 18.6 Å². The van der Waals surface area contributed by atoms with Gasteiger partial charge in [0.2, 0.25) is 0 Å². The molecule has 3 amide bonds. The van der Waals surface area contributed by atoms with E-state index in [4.69, 9.17) is 4.74 Å². The third-order valence-electron chi connectivity index (χ3n) is 2.23. The average molecular weight is 224 g/mol. The standard InChI is InChI=1S/C10H9FN2O3/c1-16-8-4-6(11)2-3-7(8)13-9(14)5-12-10(13)15/h2-4H,5H2,1H3,(H,12,15). The zero-order valence-electron chi connectivity index (χ0n) is 8.49. The number of benzene rings is 1. The normalized spacial score (nSPS) is 15.2. The number of ether oxygens (including phenoxy) is 1. The van der Waals surface area contributed by atoms with E-state index in [1.807, 2.05) is 0 Å². The van der Waals surface area contributed by atoms with Crippen LogP contribution in [0.5, 0.6) is 5.75 Å². The van der Waals surface area contributed by atoms with Crippen LogP contribution in [0.2, 0.25) is 0 Å². The number of hydrogen-bond donors (Lipinski definition) is 1. The molecule has 0 atom stereocenters. The van der Waals surface area contributed by atoms with Crippen LogP contribution in [0.25, 0.3) is 0 Å². The second-order valence-corrected chi connectivity index (χ2v) is 3.20. The predicted molar refractivity (Wildman–Crippen MR) is 53.8 cm³/mol. The summed E-state index contributed by atoms with van der Waals surface area (Å²) in [5, 5.41) is 2.37. The fourth-order valence-electron chi connectivity index (χ4n) is 1.50. The highest BCUT2D eigenvalue weighted by molar-refractivity contribution is 6.20. The summed E-state index contributed by atoms with van der Waals surface area (Å²) in [7, 11) is 1.34. The molecule has 1 saturated heterocycles. The lowest BCUT2D eigenvalue weighted by molar-refractivity contribution is -0.115. The molecule has 0 aromatic heterocycles. The molecule has 0 unspecified atom stereocenters. The Morgan fingerprint density at radius 3 is 2.75 bits per heavy atom. The van der Waals surface area contributed by atoms with Crippen LogP contribution in [0.15, 0.2) is 18.2 Å². The molecule has 0 spiro atoms. The summed E-state index contributed by atoms with van der Waals surface area (Å²) in [6, 6.07) is 3.08. The summed E-state index contributed by atoms with van der Waals surface area (Å²) >= 11 is 0. The minimum atomic E-state index is -0.532. The molecule has 5 nitrogen and oxygen atoms in total. The maximum absolute atomic E-state index is 12.9. The van der Waals surface area contributed by atoms with E-state index < -0.39 is 17.8 Å². The van der Waals surface area contributed by atoms with Gasteiger partial charge in [0.1, 0.15) is 11.6 Å². The van der Waals surface area contributed by atoms with Gasteiger partial charge in [-0.2, -0.15) is 0 Å². The third kappa shape index (κ3) is 1.58. The van der Waals surface area contributed by atoms with Crippen molar-refractivity contribution in [3.63, 3.8) is 0 Å². The van der Waals surface area contributed by atoms with Gasteiger partial charge in [0.05, 0.1) is 19.3 Å². The summed E-state index contributed by atoms with van der Waals surface area (Å²) in [5.41, 5.74) is 0.240. The number of halogens is 1. The number of methoxy groups -OCH3 is 1. The van der Waals surface area contributed by atoms with Crippen LogP contribution in [-0.2, 0) is 4.79 Å². The van der Waals surface area contributed by atoms with Gasteiger partial charge in [0.25, 0.3) is 5.91 Å². The van der Waals surface area contributed by atoms with E-state index in [1.54, 1.807) is 0 Å². The van der Waals surface area contributed by atoms with Crippen molar-refractivity contribution in [1.29, 1.82) is 0 Å². The number of amides is 3. The Bertz CT molecular complexity index is 445. The molecule has 1 aliphatic rings. The monoisotopic (exact) mass is 224 g/mol. The van der Waals surface area contributed by atoms with Crippen molar-refractivity contribution in [3.05, 3.63) is 24.0 Å². The lowest BCUT2D eigenvalue weighted by Gasteiger charge is -2.15. The van der Waals surface area contributed by atoms with Crippen molar-refractivity contribution in [2.45, 2.75) is 0 Å². The number of rotatable bonds is 2. The summed E-state index contributed by atoms with van der Waals surface area (Å²) in [6.45, 7) is -0.0562. The van der Waals surface area contributed by atoms with Crippen LogP contribution in [0.4, 0.5) is 14.9 Å². The number of urea groups is 1. The minimum Gasteiger partial charge on any atom is -0.494 e. The third-order valence-corrected chi connectivity index (χ3v) is 2.23. The first-order valence-electron chi connectivity index (χ1n) is 4.58. The van der Waals surface area contributed by atoms with Gasteiger partial charge in [-0.05, 0) is 12.1 Å². The Morgan fingerprint density at radius 1 is 1.44 bits per heavy atom. The molecule has 0 aliphatic carbocycles. The number of carbonyl (C=O) groups excluding carboxylic acids is 2. The summed E-state index contributed by atoms with van der Waals surface area (Å²) < 4.78 is 17.9. The molecule has 1 heterocycles. The van der Waals surface area contributed by atoms with Crippen LogP contribution in [0.3, 0.4) is 0 Å². The van der Waals surface area contributed by atoms with Crippen molar-refractivity contribution in [2.24, 2.45) is 0 Å². The average Bonchev–Trinajstić information content (AvgIpc) is 2.59. The topological polar surface area (TPSA) is 58.6 Å². The largest absolute Gasteiger partial charge is 0.494 e. The number of carbonyl (C=O) groups is 2. The first-order valence-corrected chi connectivity index (χ1v) is 4.58. The quantitative estimate of drug-likeness (QED) is 0.759. The number of anilines is 1. The van der Waals surface area contributed by atoms with Crippen molar-refractivity contribution in [1.82, 2.24) is 5.32 Å². The van der Waals surface area contributed by atoms with Crippen molar-refractivity contribution >= 4 is 17.6 Å². The molecule has 1 N–H and O–H groups in total. The van der Waals surface area contributed by atoms with E-state index in [1.165, 1.54) is 13.2 Å². The van der Waals surface area contributed by atoms with E-state index in [-0.39, 0.29) is 18.0 Å². The predicted octanol–water partition coefficient (Wildman–Crippen LogP) is 0.890.